The van der Waals surface area contributed by atoms with E-state index in [-0.39, 0.29) is 37.1 Å². The monoisotopic (exact) mass is 562 g/mol. The number of carbonyl (C=O) groups excluding carboxylic acids is 1. The largest absolute Gasteiger partial charge is 0.395 e. The molecule has 40 heavy (non-hydrogen) atoms. The quantitative estimate of drug-likeness (QED) is 0.404. The molecule has 10 nitrogen and oxygen atoms in total. The van der Waals surface area contributed by atoms with Crippen LogP contribution < -0.4 is 10.2 Å². The molecule has 4 fully saturated rings. The molecule has 14 heteroatoms. The van der Waals surface area contributed by atoms with Gasteiger partial charge in [-0.1, -0.05) is 0 Å². The number of carbonyl (C=O) groups is 1. The second-order valence-corrected chi connectivity index (χ2v) is 12.5. The minimum absolute atomic E-state index is 0.101. The number of anilines is 2. The van der Waals surface area contributed by atoms with Gasteiger partial charge in [0.25, 0.3) is 0 Å². The highest BCUT2D eigenvalue weighted by atomic mass is 19.4. The van der Waals surface area contributed by atoms with Crippen molar-refractivity contribution in [1.82, 2.24) is 29.9 Å². The van der Waals surface area contributed by atoms with Gasteiger partial charge in [0, 0.05) is 37.3 Å². The Morgan fingerprint density at radius 2 is 1.95 bits per heavy atom. The number of aromatic amines is 1. The Kier molecular flexibility index (Phi) is 5.16. The lowest BCUT2D eigenvalue weighted by Gasteiger charge is -2.40. The molecule has 7 rings (SSSR count). The summed E-state index contributed by atoms with van der Waals surface area (Å²) in [5.74, 6) is -1.00. The average molecular weight is 563 g/mol. The molecule has 3 aromatic rings. The molecule has 3 aromatic heterocycles. The lowest BCUT2D eigenvalue weighted by molar-refractivity contribution is -0.180. The highest BCUT2D eigenvalue weighted by Crippen LogP contribution is 2.61. The minimum Gasteiger partial charge on any atom is -0.389 e. The summed E-state index contributed by atoms with van der Waals surface area (Å²) < 4.78 is 55.5. The zero-order valence-electron chi connectivity index (χ0n) is 22.1. The number of H-pyrrole nitrogens is 1. The van der Waals surface area contributed by atoms with Gasteiger partial charge in [-0.15, -0.1) is 0 Å². The zero-order valence-corrected chi connectivity index (χ0v) is 22.1. The van der Waals surface area contributed by atoms with E-state index in [0.29, 0.717) is 46.8 Å². The van der Waals surface area contributed by atoms with Gasteiger partial charge in [-0.05, 0) is 45.6 Å². The van der Waals surface area contributed by atoms with Crippen molar-refractivity contribution >= 4 is 28.4 Å². The van der Waals surface area contributed by atoms with Crippen LogP contribution in [0.1, 0.15) is 39.5 Å². The first kappa shape index (κ1) is 25.5. The number of hydrogen-bond acceptors (Lipinski definition) is 6. The molecule has 2 unspecified atom stereocenters. The molecule has 214 valence electrons. The Balaban J connectivity index is 1.17. The van der Waals surface area contributed by atoms with Gasteiger partial charge in [0.1, 0.15) is 11.4 Å². The standard InChI is InChI=1S/C26H30F4N8O2/c1-23(2,27)13-38-19-5-17(31-7-16(19)21(35-38)36-9-15(10-36)26(28,29)30)20-18(8-32-34-20)33-22(39)37-11-14-6-25(14,40)12-24(37)3-4-24/h5,7-8,14-15,40H,3-4,6,9-13H2,1-2H3,(H,32,34)(H,33,39). The van der Waals surface area contributed by atoms with Gasteiger partial charge < -0.3 is 20.2 Å². The molecule has 0 radical (unpaired) electrons. The second kappa shape index (κ2) is 8.08. The number of piperidine rings is 1. The highest BCUT2D eigenvalue weighted by Gasteiger charge is 2.67. The third kappa shape index (κ3) is 4.18. The van der Waals surface area contributed by atoms with E-state index in [1.54, 1.807) is 6.07 Å². The fraction of sp³-hybridized carbons (Fsp3) is 0.615. The topological polar surface area (TPSA) is 115 Å². The molecule has 2 aliphatic heterocycles. The molecule has 2 amide bonds. The van der Waals surface area contributed by atoms with Gasteiger partial charge in [0.05, 0.1) is 46.5 Å². The zero-order chi connectivity index (χ0) is 28.2. The van der Waals surface area contributed by atoms with Crippen LogP contribution in [0.2, 0.25) is 0 Å². The number of aliphatic hydroxyl groups is 1. The van der Waals surface area contributed by atoms with Crippen LogP contribution in [0.5, 0.6) is 0 Å². The molecular formula is C26H30F4N8O2. The Labute approximate surface area is 226 Å². The summed E-state index contributed by atoms with van der Waals surface area (Å²) in [6.07, 6.45) is 1.77. The maximum Gasteiger partial charge on any atom is 0.395 e. The van der Waals surface area contributed by atoms with E-state index in [2.05, 4.69) is 25.6 Å². The maximum atomic E-state index is 14.7. The second-order valence-electron chi connectivity index (χ2n) is 12.5. The SMILES string of the molecule is CC(C)(F)Cn1nc(N2CC(C(F)(F)F)C2)c2cnc(-c3[nH]ncc3NC(=O)N3CC4CC4(O)CC34CC4)cc21. The first-order valence-electron chi connectivity index (χ1n) is 13.5. The van der Waals surface area contributed by atoms with Gasteiger partial charge >= 0.3 is 12.2 Å². The summed E-state index contributed by atoms with van der Waals surface area (Å²) in [4.78, 5) is 21.2. The van der Waals surface area contributed by atoms with Gasteiger partial charge in [-0.3, -0.25) is 14.8 Å². The molecule has 1 spiro atoms. The third-order valence-corrected chi connectivity index (χ3v) is 8.81. The fourth-order valence-corrected chi connectivity index (χ4v) is 6.30. The van der Waals surface area contributed by atoms with Gasteiger partial charge in [-0.2, -0.15) is 23.4 Å². The molecule has 2 saturated heterocycles. The molecule has 2 saturated carbocycles. The summed E-state index contributed by atoms with van der Waals surface area (Å²) in [6, 6.07) is 1.41. The fourth-order valence-electron chi connectivity index (χ4n) is 6.30. The Morgan fingerprint density at radius 1 is 1.20 bits per heavy atom. The first-order valence-corrected chi connectivity index (χ1v) is 13.5. The maximum absolute atomic E-state index is 14.7. The van der Waals surface area contributed by atoms with Crippen LogP contribution in [-0.4, -0.2) is 83.6 Å². The molecule has 2 aliphatic carbocycles. The van der Waals surface area contributed by atoms with Crippen molar-refractivity contribution in [2.75, 3.05) is 29.9 Å². The number of alkyl halides is 4. The predicted molar refractivity (Wildman–Crippen MR) is 137 cm³/mol. The Morgan fingerprint density at radius 3 is 2.62 bits per heavy atom. The van der Waals surface area contributed by atoms with Crippen molar-refractivity contribution < 1.29 is 27.5 Å². The third-order valence-electron chi connectivity index (χ3n) is 8.81. The summed E-state index contributed by atoms with van der Waals surface area (Å²) in [6.45, 7) is 2.77. The van der Waals surface area contributed by atoms with Crippen molar-refractivity contribution in [3.05, 3.63) is 18.5 Å². The van der Waals surface area contributed by atoms with E-state index < -0.39 is 23.4 Å². The number of urea groups is 1. The van der Waals surface area contributed by atoms with Crippen LogP contribution in [0, 0.1) is 11.8 Å². The number of aromatic nitrogens is 5. The lowest BCUT2D eigenvalue weighted by Crippen LogP contribution is -2.53. The van der Waals surface area contributed by atoms with Crippen LogP contribution in [0.3, 0.4) is 0 Å². The highest BCUT2D eigenvalue weighted by molar-refractivity contribution is 5.96. The number of hydrogen-bond donors (Lipinski definition) is 3. The molecule has 4 aliphatic rings. The van der Waals surface area contributed by atoms with E-state index in [9.17, 15) is 27.5 Å². The van der Waals surface area contributed by atoms with Crippen LogP contribution in [0.25, 0.3) is 22.3 Å². The van der Waals surface area contributed by atoms with Crippen LogP contribution in [-0.2, 0) is 6.54 Å². The van der Waals surface area contributed by atoms with Crippen molar-refractivity contribution in [1.29, 1.82) is 0 Å². The van der Waals surface area contributed by atoms with E-state index in [0.717, 1.165) is 19.3 Å². The summed E-state index contributed by atoms with van der Waals surface area (Å²) >= 11 is 0. The Hall–Kier alpha value is -3.42. The minimum atomic E-state index is -4.28. The number of rotatable bonds is 5. The summed E-state index contributed by atoms with van der Waals surface area (Å²) in [7, 11) is 0. The van der Waals surface area contributed by atoms with Crippen molar-refractivity contribution in [3.63, 3.8) is 0 Å². The average Bonchev–Trinajstić information content (AvgIpc) is 3.61. The molecule has 0 bridgehead atoms. The number of amides is 2. The molecule has 3 N–H and O–H groups in total. The van der Waals surface area contributed by atoms with E-state index in [4.69, 9.17) is 0 Å². The normalized spacial score (nSPS) is 25.7. The number of nitrogens with zero attached hydrogens (tertiary/aromatic N) is 6. The van der Waals surface area contributed by atoms with E-state index in [1.807, 2.05) is 4.90 Å². The van der Waals surface area contributed by atoms with Crippen molar-refractivity contribution in [2.24, 2.45) is 11.8 Å². The Bertz CT molecular complexity index is 1500. The number of pyridine rings is 1. The number of halogens is 4. The van der Waals surface area contributed by atoms with Crippen LogP contribution in [0.15, 0.2) is 18.5 Å². The van der Waals surface area contributed by atoms with Gasteiger partial charge in [-0.25, -0.2) is 9.18 Å². The van der Waals surface area contributed by atoms with Crippen LogP contribution in [0.4, 0.5) is 33.9 Å². The number of fused-ring (bicyclic) bond motifs is 2. The lowest BCUT2D eigenvalue weighted by atomic mass is 9.97. The summed E-state index contributed by atoms with van der Waals surface area (Å²) in [5, 5.41) is 25.5. The van der Waals surface area contributed by atoms with Crippen molar-refractivity contribution in [3.8, 4) is 11.4 Å². The molecule has 5 heterocycles. The molecular weight excluding hydrogens is 532 g/mol. The predicted octanol–water partition coefficient (Wildman–Crippen LogP) is 4.09. The van der Waals surface area contributed by atoms with E-state index in [1.165, 1.54) is 35.8 Å². The van der Waals surface area contributed by atoms with Crippen LogP contribution >= 0.6 is 0 Å². The smallest absolute Gasteiger partial charge is 0.389 e. The van der Waals surface area contributed by atoms with Gasteiger partial charge in [0.15, 0.2) is 5.82 Å². The van der Waals surface area contributed by atoms with Crippen molar-refractivity contribution in [2.45, 2.75) is 69.1 Å². The van der Waals surface area contributed by atoms with Gasteiger partial charge in [0.2, 0.25) is 0 Å². The van der Waals surface area contributed by atoms with E-state index >= 15 is 0 Å². The first-order chi connectivity index (χ1) is 18.7. The molecule has 0 aromatic carbocycles. The number of nitrogens with one attached hydrogen (secondary N) is 2. The molecule has 2 atom stereocenters. The summed E-state index contributed by atoms with van der Waals surface area (Å²) in [5.41, 5.74) is -0.778. The number of likely N-dealkylation sites (tertiary alicyclic amines) is 1.